The lowest BCUT2D eigenvalue weighted by atomic mass is 10.1. The Kier molecular flexibility index (Phi) is 9.87. The highest BCUT2D eigenvalue weighted by molar-refractivity contribution is 6.67. The predicted octanol–water partition coefficient (Wildman–Crippen LogP) is 4.59. The van der Waals surface area contributed by atoms with Gasteiger partial charge in [0.1, 0.15) is 23.3 Å². The van der Waals surface area contributed by atoms with E-state index in [4.69, 9.17) is 11.6 Å². The first-order valence-corrected chi connectivity index (χ1v) is 13.3. The molecule has 1 aliphatic carbocycles. The smallest absolute Gasteiger partial charge is 0.271 e. The third kappa shape index (κ3) is 8.23. The maximum absolute atomic E-state index is 13.9. The molecule has 2 aliphatic rings. The number of nitrogens with one attached hydrogen (secondary N) is 1. The molecule has 2 aromatic carbocycles. The summed E-state index contributed by atoms with van der Waals surface area (Å²) in [4.78, 5) is 38.4. The van der Waals surface area contributed by atoms with Gasteiger partial charge in [-0.2, -0.15) is 0 Å². The van der Waals surface area contributed by atoms with E-state index in [0.29, 0.717) is 38.5 Å². The molecular weight excluding hydrogens is 566 g/mol. The van der Waals surface area contributed by atoms with Crippen LogP contribution in [0.15, 0.2) is 48.5 Å². The minimum absolute atomic E-state index is 0.234. The van der Waals surface area contributed by atoms with E-state index in [1.165, 1.54) is 17.7 Å². The second kappa shape index (κ2) is 13.5. The van der Waals surface area contributed by atoms with Gasteiger partial charge in [0.15, 0.2) is 11.5 Å². The monoisotopic (exact) mass is 591 g/mol. The topological polar surface area (TPSA) is 95.5 Å². The van der Waals surface area contributed by atoms with E-state index in [-0.39, 0.29) is 17.2 Å². The molecule has 0 unspecified atom stereocenters. The number of carbonyl (C=O) groups excluding carboxylic acids is 3. The summed E-state index contributed by atoms with van der Waals surface area (Å²) >= 11 is 4.93. The number of amides is 2. The number of halogens is 5. The van der Waals surface area contributed by atoms with Crippen LogP contribution in [0.5, 0.6) is 0 Å². The normalized spacial score (nSPS) is 14.7. The second-order valence-electron chi connectivity index (χ2n) is 9.57. The summed E-state index contributed by atoms with van der Waals surface area (Å²) in [6.45, 7) is 2.29. The molecule has 41 heavy (non-hydrogen) atoms. The molecule has 0 atom stereocenters. The lowest BCUT2D eigenvalue weighted by Gasteiger charge is -2.35. The van der Waals surface area contributed by atoms with Gasteiger partial charge in [0.2, 0.25) is 0 Å². The molecule has 2 amide bonds. The standard InChI is InChI=1S/C21H23F2N5O2.C7H3ClF2O/c22-15-3-4-17(23)16(13-15)21(30)28-11-9-27(10-12-28)19-6-5-18(25-26-19)20(29)24-8-7-14-1-2-14;8-7(11)5-3-4(9)1-2-6(5)10/h3-6,13-14H,1-2,7-12H2,(H,24,29);1-3H. The first-order chi connectivity index (χ1) is 19.6. The van der Waals surface area contributed by atoms with Crippen molar-refractivity contribution >= 4 is 34.5 Å². The highest BCUT2D eigenvalue weighted by Crippen LogP contribution is 2.31. The summed E-state index contributed by atoms with van der Waals surface area (Å²) in [5.41, 5.74) is -0.433. The van der Waals surface area contributed by atoms with Crippen LogP contribution in [0.2, 0.25) is 0 Å². The Morgan fingerprint density at radius 3 is 1.98 bits per heavy atom. The molecule has 0 bridgehead atoms. The lowest BCUT2D eigenvalue weighted by Crippen LogP contribution is -2.49. The van der Waals surface area contributed by atoms with E-state index >= 15 is 0 Å². The van der Waals surface area contributed by atoms with Crippen LogP contribution in [0, 0.1) is 29.2 Å². The first-order valence-electron chi connectivity index (χ1n) is 12.9. The molecule has 3 aromatic rings. The van der Waals surface area contributed by atoms with Crippen LogP contribution >= 0.6 is 11.6 Å². The van der Waals surface area contributed by atoms with Crippen LogP contribution in [0.25, 0.3) is 0 Å². The van der Waals surface area contributed by atoms with Crippen LogP contribution in [0.4, 0.5) is 23.4 Å². The molecule has 13 heteroatoms. The molecule has 8 nitrogen and oxygen atoms in total. The van der Waals surface area contributed by atoms with E-state index in [0.717, 1.165) is 48.7 Å². The van der Waals surface area contributed by atoms with E-state index in [1.807, 2.05) is 4.90 Å². The van der Waals surface area contributed by atoms with Crippen LogP contribution < -0.4 is 10.2 Å². The van der Waals surface area contributed by atoms with Crippen molar-refractivity contribution in [3.05, 3.63) is 88.6 Å². The Morgan fingerprint density at radius 2 is 1.44 bits per heavy atom. The van der Waals surface area contributed by atoms with E-state index < -0.39 is 40.0 Å². The third-order valence-electron chi connectivity index (χ3n) is 6.61. The minimum atomic E-state index is -0.998. The molecule has 1 N–H and O–H groups in total. The van der Waals surface area contributed by atoms with Gasteiger partial charge in [0.05, 0.1) is 11.1 Å². The number of hydrogen-bond acceptors (Lipinski definition) is 6. The number of piperazine rings is 1. The maximum Gasteiger partial charge on any atom is 0.271 e. The van der Waals surface area contributed by atoms with Crippen molar-refractivity contribution in [2.75, 3.05) is 37.6 Å². The van der Waals surface area contributed by atoms with Gasteiger partial charge in [0, 0.05) is 32.7 Å². The van der Waals surface area contributed by atoms with Crippen molar-refractivity contribution in [3.8, 4) is 0 Å². The minimum Gasteiger partial charge on any atom is -0.352 e. The Morgan fingerprint density at radius 1 is 0.829 bits per heavy atom. The molecule has 1 aromatic heterocycles. The molecule has 1 saturated carbocycles. The number of hydrogen-bond donors (Lipinski definition) is 1. The summed E-state index contributed by atoms with van der Waals surface area (Å²) in [6.07, 6.45) is 3.50. The van der Waals surface area contributed by atoms with Crippen molar-refractivity contribution < 1.29 is 31.9 Å². The van der Waals surface area contributed by atoms with Gasteiger partial charge in [0.25, 0.3) is 17.1 Å². The second-order valence-corrected chi connectivity index (χ2v) is 9.91. The molecule has 0 radical (unpaired) electrons. The van der Waals surface area contributed by atoms with Gasteiger partial charge in [-0.05, 0) is 72.5 Å². The fourth-order valence-corrected chi connectivity index (χ4v) is 4.27. The fourth-order valence-electron chi connectivity index (χ4n) is 4.12. The zero-order chi connectivity index (χ0) is 29.5. The van der Waals surface area contributed by atoms with E-state index in [9.17, 15) is 31.9 Å². The molecule has 1 aliphatic heterocycles. The van der Waals surface area contributed by atoms with Crippen molar-refractivity contribution in [3.63, 3.8) is 0 Å². The van der Waals surface area contributed by atoms with Crippen LogP contribution in [0.1, 0.15) is 50.5 Å². The Balaban J connectivity index is 0.000000296. The van der Waals surface area contributed by atoms with Gasteiger partial charge < -0.3 is 15.1 Å². The van der Waals surface area contributed by atoms with Crippen LogP contribution in [0.3, 0.4) is 0 Å². The van der Waals surface area contributed by atoms with E-state index in [2.05, 4.69) is 15.5 Å². The largest absolute Gasteiger partial charge is 0.352 e. The Labute approximate surface area is 238 Å². The molecule has 2 heterocycles. The molecule has 216 valence electrons. The summed E-state index contributed by atoms with van der Waals surface area (Å²) in [6, 6.07) is 8.75. The molecule has 5 rings (SSSR count). The van der Waals surface area contributed by atoms with Crippen LogP contribution in [-0.4, -0.2) is 64.9 Å². The molecule has 2 fully saturated rings. The van der Waals surface area contributed by atoms with Crippen molar-refractivity contribution in [2.45, 2.75) is 19.3 Å². The summed E-state index contributed by atoms with van der Waals surface area (Å²) in [7, 11) is 0. The summed E-state index contributed by atoms with van der Waals surface area (Å²) in [5, 5.41) is 10.0. The molecule has 1 saturated heterocycles. The average Bonchev–Trinajstić information content (AvgIpc) is 3.80. The van der Waals surface area contributed by atoms with Crippen molar-refractivity contribution in [2.24, 2.45) is 5.92 Å². The first kappa shape index (κ1) is 29.9. The lowest BCUT2D eigenvalue weighted by molar-refractivity contribution is 0.0740. The average molecular weight is 592 g/mol. The van der Waals surface area contributed by atoms with Crippen LogP contribution in [-0.2, 0) is 0 Å². The van der Waals surface area contributed by atoms with Gasteiger partial charge in [-0.25, -0.2) is 17.6 Å². The van der Waals surface area contributed by atoms with Gasteiger partial charge in [-0.1, -0.05) is 12.8 Å². The zero-order valence-corrected chi connectivity index (χ0v) is 22.5. The maximum atomic E-state index is 13.9. The number of benzene rings is 2. The SMILES string of the molecule is O=C(Cl)c1cc(F)ccc1F.O=C(NCCC1CC1)c1ccc(N2CCN(C(=O)c3cc(F)ccc3F)CC2)nn1. The third-order valence-corrected chi connectivity index (χ3v) is 6.81. The number of anilines is 1. The van der Waals surface area contributed by atoms with Crippen molar-refractivity contribution in [1.29, 1.82) is 0 Å². The van der Waals surface area contributed by atoms with Gasteiger partial charge >= 0.3 is 0 Å². The predicted molar refractivity (Wildman–Crippen MR) is 143 cm³/mol. The van der Waals surface area contributed by atoms with E-state index in [1.54, 1.807) is 12.1 Å². The quantitative estimate of drug-likeness (QED) is 0.319. The van der Waals surface area contributed by atoms with Crippen molar-refractivity contribution in [1.82, 2.24) is 20.4 Å². The molecule has 0 spiro atoms. The molecular formula is C28H26ClF4N5O3. The number of rotatable bonds is 7. The number of nitrogens with zero attached hydrogens (tertiary/aromatic N) is 4. The number of carbonyl (C=O) groups is 3. The van der Waals surface area contributed by atoms with Gasteiger partial charge in [-0.15, -0.1) is 10.2 Å². The zero-order valence-electron chi connectivity index (χ0n) is 21.8. The fraction of sp³-hybridized carbons (Fsp3) is 0.321. The Bertz CT molecular complexity index is 1410. The summed E-state index contributed by atoms with van der Waals surface area (Å²) in [5.74, 6) is -2.29. The van der Waals surface area contributed by atoms with Gasteiger partial charge in [-0.3, -0.25) is 14.4 Å². The highest BCUT2D eigenvalue weighted by atomic mass is 35.5. The summed E-state index contributed by atoms with van der Waals surface area (Å²) < 4.78 is 52.1. The number of aromatic nitrogens is 2. The Hall–Kier alpha value is -4.06. The highest BCUT2D eigenvalue weighted by Gasteiger charge is 2.26.